The lowest BCUT2D eigenvalue weighted by atomic mass is 9.72. The highest BCUT2D eigenvalue weighted by atomic mass is 31.2. The Balaban J connectivity index is 3.84. The molecule has 0 radical (unpaired) electrons. The molecule has 0 saturated heterocycles. The molecular formula is C17H32N3O6P. The van der Waals surface area contributed by atoms with Gasteiger partial charge >= 0.3 is 13.3 Å². The lowest BCUT2D eigenvalue weighted by Crippen LogP contribution is -2.67. The van der Waals surface area contributed by atoms with Crippen molar-refractivity contribution in [1.29, 1.82) is 0 Å². The Kier molecular flexibility index (Phi) is 5.88. The molecule has 0 aliphatic carbocycles. The average molecular weight is 405 g/mol. The normalized spacial score (nSPS) is 16.3. The molecule has 5 N–H and O–H groups in total. The monoisotopic (exact) mass is 405 g/mol. The van der Waals surface area contributed by atoms with Gasteiger partial charge in [-0.3, -0.25) is 9.13 Å². The van der Waals surface area contributed by atoms with E-state index in [-0.39, 0.29) is 5.82 Å². The van der Waals surface area contributed by atoms with Crippen LogP contribution in [0, 0.1) is 13.8 Å². The maximum absolute atomic E-state index is 12.7. The Labute approximate surface area is 159 Å². The molecule has 1 aromatic heterocycles. The first-order valence-corrected chi connectivity index (χ1v) is 10.2. The summed E-state index contributed by atoms with van der Waals surface area (Å²) >= 11 is 0. The molecule has 1 atom stereocenters. The third kappa shape index (κ3) is 3.84. The van der Waals surface area contributed by atoms with Gasteiger partial charge in [-0.25, -0.2) is 4.79 Å². The molecule has 9 nitrogen and oxygen atoms in total. The number of rotatable bonds is 6. The number of aliphatic hydroxyl groups is 1. The first-order valence-electron chi connectivity index (χ1n) is 8.55. The Morgan fingerprint density at radius 2 is 1.52 bits per heavy atom. The van der Waals surface area contributed by atoms with Gasteiger partial charge in [0.25, 0.3) is 0 Å². The van der Waals surface area contributed by atoms with Crippen molar-refractivity contribution < 1.29 is 24.2 Å². The van der Waals surface area contributed by atoms with Crippen LogP contribution in [0.15, 0.2) is 4.79 Å². The second-order valence-corrected chi connectivity index (χ2v) is 10.7. The summed E-state index contributed by atoms with van der Waals surface area (Å²) < 4.78 is 19.2. The molecule has 10 heteroatoms. The number of ether oxygens (including phenoxy) is 1. The number of nitrogen functional groups attached to an aromatic ring is 1. The standard InChI is InChI=1S/C17H32N3O6P/c1-10-11(2)20(13(21)19-12(10)18)14(3,4)17(9,15(5,6)22)26-16(7,8)27(23,24)25/h22H,1-9H3,(H2,18,19,21)(H2,23,24,25)/t17-/m0/s1. The van der Waals surface area contributed by atoms with Crippen molar-refractivity contribution in [2.75, 3.05) is 5.73 Å². The highest BCUT2D eigenvalue weighted by Gasteiger charge is 2.59. The van der Waals surface area contributed by atoms with Gasteiger partial charge in [0.2, 0.25) is 0 Å². The van der Waals surface area contributed by atoms with E-state index in [1.807, 2.05) is 0 Å². The first kappa shape index (κ1) is 23.8. The Morgan fingerprint density at radius 3 is 1.89 bits per heavy atom. The fourth-order valence-corrected chi connectivity index (χ4v) is 3.46. The van der Waals surface area contributed by atoms with Crippen molar-refractivity contribution in [3.8, 4) is 0 Å². The summed E-state index contributed by atoms with van der Waals surface area (Å²) in [6, 6.07) is 0. The summed E-state index contributed by atoms with van der Waals surface area (Å²) in [4.78, 5) is 35.9. The average Bonchev–Trinajstić information content (AvgIpc) is 2.41. The van der Waals surface area contributed by atoms with Crippen molar-refractivity contribution in [2.45, 2.75) is 84.4 Å². The summed E-state index contributed by atoms with van der Waals surface area (Å²) in [5, 5.41) is 9.02. The van der Waals surface area contributed by atoms with Crippen molar-refractivity contribution >= 4 is 13.4 Å². The van der Waals surface area contributed by atoms with Gasteiger partial charge in [-0.2, -0.15) is 4.98 Å². The molecular weight excluding hydrogens is 373 g/mol. The molecule has 1 rings (SSSR count). The first-order chi connectivity index (χ1) is 11.7. The molecule has 0 fully saturated rings. The summed E-state index contributed by atoms with van der Waals surface area (Å²) in [6.45, 7) is 13.6. The Morgan fingerprint density at radius 1 is 1.07 bits per heavy atom. The molecule has 0 amide bonds. The number of nitrogens with two attached hydrogens (primary N) is 1. The summed E-state index contributed by atoms with van der Waals surface area (Å²) in [7, 11) is -4.69. The van der Waals surface area contributed by atoms with Crippen molar-refractivity contribution in [1.82, 2.24) is 9.55 Å². The fraction of sp³-hybridized carbons (Fsp3) is 0.765. The smallest absolute Gasteiger partial charge is 0.356 e. The fourth-order valence-electron chi connectivity index (χ4n) is 3.16. The second kappa shape index (κ2) is 6.67. The van der Waals surface area contributed by atoms with Crippen LogP contribution in [0.25, 0.3) is 0 Å². The highest BCUT2D eigenvalue weighted by Crippen LogP contribution is 2.55. The van der Waals surface area contributed by atoms with Gasteiger partial charge in [0.15, 0.2) is 5.34 Å². The topological polar surface area (TPSA) is 148 Å². The summed E-state index contributed by atoms with van der Waals surface area (Å²) in [5.41, 5.74) is 1.79. The Bertz CT molecular complexity index is 834. The molecule has 0 bridgehead atoms. The minimum atomic E-state index is -4.69. The third-order valence-electron chi connectivity index (χ3n) is 5.72. The highest BCUT2D eigenvalue weighted by molar-refractivity contribution is 7.53. The van der Waals surface area contributed by atoms with Crippen molar-refractivity contribution in [2.24, 2.45) is 0 Å². The van der Waals surface area contributed by atoms with Gasteiger partial charge in [0.1, 0.15) is 11.4 Å². The van der Waals surface area contributed by atoms with Crippen LogP contribution in [0.2, 0.25) is 0 Å². The lowest BCUT2D eigenvalue weighted by Gasteiger charge is -2.54. The SMILES string of the molecule is Cc1c(N)nc(=O)n(C(C)(C)[C@](C)(OC(C)(C)P(=O)(O)O)C(C)(C)O)c1C. The largest absolute Gasteiger partial charge is 0.387 e. The number of hydrogen-bond donors (Lipinski definition) is 4. The number of aromatic nitrogens is 2. The van der Waals surface area contributed by atoms with E-state index >= 15 is 0 Å². The lowest BCUT2D eigenvalue weighted by molar-refractivity contribution is -0.237. The minimum Gasteiger partial charge on any atom is -0.387 e. The van der Waals surface area contributed by atoms with Crippen LogP contribution in [0.3, 0.4) is 0 Å². The van der Waals surface area contributed by atoms with E-state index in [0.717, 1.165) is 0 Å². The molecule has 0 saturated carbocycles. The molecule has 0 aromatic carbocycles. The molecule has 27 heavy (non-hydrogen) atoms. The number of nitrogens with zero attached hydrogens (tertiary/aromatic N) is 2. The van der Waals surface area contributed by atoms with Crippen molar-refractivity contribution in [3.05, 3.63) is 21.7 Å². The van der Waals surface area contributed by atoms with Gasteiger partial charge in [0.05, 0.1) is 11.1 Å². The quantitative estimate of drug-likeness (QED) is 0.522. The predicted octanol–water partition coefficient (Wildman–Crippen LogP) is 1.64. The van der Waals surface area contributed by atoms with Crippen LogP contribution in [0.1, 0.15) is 59.7 Å². The summed E-state index contributed by atoms with van der Waals surface area (Å²) in [5.74, 6) is 0.103. The summed E-state index contributed by atoms with van der Waals surface area (Å²) in [6.07, 6.45) is 0. The van der Waals surface area contributed by atoms with E-state index in [2.05, 4.69) is 4.98 Å². The van der Waals surface area contributed by atoms with Gasteiger partial charge in [-0.1, -0.05) is 0 Å². The van der Waals surface area contributed by atoms with Crippen molar-refractivity contribution in [3.63, 3.8) is 0 Å². The van der Waals surface area contributed by atoms with Gasteiger partial charge in [-0.15, -0.1) is 0 Å². The molecule has 1 aromatic rings. The van der Waals surface area contributed by atoms with E-state index in [4.69, 9.17) is 10.5 Å². The van der Waals surface area contributed by atoms with Crippen LogP contribution in [-0.2, 0) is 14.8 Å². The van der Waals surface area contributed by atoms with Crippen LogP contribution in [0.5, 0.6) is 0 Å². The Hall–Kier alpha value is -1.25. The molecule has 0 spiro atoms. The van der Waals surface area contributed by atoms with E-state index < -0.39 is 35.4 Å². The van der Waals surface area contributed by atoms with Crippen LogP contribution in [0.4, 0.5) is 5.82 Å². The van der Waals surface area contributed by atoms with Crippen LogP contribution >= 0.6 is 7.60 Å². The van der Waals surface area contributed by atoms with Gasteiger partial charge in [0, 0.05) is 11.3 Å². The maximum atomic E-state index is 12.7. The molecule has 0 aliphatic rings. The zero-order valence-electron chi connectivity index (χ0n) is 17.5. The number of hydrogen-bond acceptors (Lipinski definition) is 6. The molecule has 1 heterocycles. The van der Waals surface area contributed by atoms with Gasteiger partial charge in [-0.05, 0) is 62.3 Å². The molecule has 0 aliphatic heterocycles. The molecule has 0 unspecified atom stereocenters. The predicted molar refractivity (Wildman–Crippen MR) is 104 cm³/mol. The number of anilines is 1. The van der Waals surface area contributed by atoms with E-state index in [9.17, 15) is 24.3 Å². The van der Waals surface area contributed by atoms with E-state index in [0.29, 0.717) is 11.3 Å². The van der Waals surface area contributed by atoms with Crippen LogP contribution < -0.4 is 11.4 Å². The molecule has 156 valence electrons. The zero-order valence-corrected chi connectivity index (χ0v) is 18.4. The van der Waals surface area contributed by atoms with E-state index in [1.54, 1.807) is 27.7 Å². The minimum absolute atomic E-state index is 0.103. The zero-order chi connectivity index (χ0) is 21.8. The van der Waals surface area contributed by atoms with E-state index in [1.165, 1.54) is 39.2 Å². The second-order valence-electron chi connectivity index (χ2n) is 8.57. The van der Waals surface area contributed by atoms with Crippen LogP contribution in [-0.4, -0.2) is 41.0 Å². The third-order valence-corrected chi connectivity index (χ3v) is 7.21. The maximum Gasteiger partial charge on any atom is 0.356 e. The van der Waals surface area contributed by atoms with Gasteiger partial charge < -0.3 is 25.4 Å².